The van der Waals surface area contributed by atoms with Crippen molar-refractivity contribution < 1.29 is 0 Å². The molecule has 1 aliphatic rings. The molecule has 2 nitrogen and oxygen atoms in total. The number of nitrogens with one attached hydrogen (secondary N) is 1. The first kappa shape index (κ1) is 13.6. The van der Waals surface area contributed by atoms with Gasteiger partial charge >= 0.3 is 0 Å². The summed E-state index contributed by atoms with van der Waals surface area (Å²) in [4.78, 5) is 0. The van der Waals surface area contributed by atoms with Crippen LogP contribution in [-0.2, 0) is 6.42 Å². The van der Waals surface area contributed by atoms with Crippen molar-refractivity contribution in [1.29, 1.82) is 5.26 Å². The molecule has 0 atom stereocenters. The summed E-state index contributed by atoms with van der Waals surface area (Å²) >= 11 is 3.45. The molecule has 2 rings (SSSR count). The van der Waals surface area contributed by atoms with Gasteiger partial charge in [0.1, 0.15) is 0 Å². The average molecular weight is 307 g/mol. The van der Waals surface area contributed by atoms with Gasteiger partial charge in [-0.2, -0.15) is 5.26 Å². The van der Waals surface area contributed by atoms with Crippen molar-refractivity contribution in [1.82, 2.24) is 5.32 Å². The van der Waals surface area contributed by atoms with Gasteiger partial charge < -0.3 is 5.32 Å². The molecule has 1 aromatic carbocycles. The second-order valence-corrected chi connectivity index (χ2v) is 5.92. The molecule has 0 aromatic heterocycles. The SMILES string of the molecule is N#CC1CCC(NCCc2ccc(Br)cc2)CC1. The van der Waals surface area contributed by atoms with E-state index >= 15 is 0 Å². The molecule has 0 bridgehead atoms. The number of hydrogen-bond donors (Lipinski definition) is 1. The van der Waals surface area contributed by atoms with Gasteiger partial charge in [0.2, 0.25) is 0 Å². The summed E-state index contributed by atoms with van der Waals surface area (Å²) < 4.78 is 1.13. The number of benzene rings is 1. The van der Waals surface area contributed by atoms with E-state index in [-0.39, 0.29) is 0 Å². The van der Waals surface area contributed by atoms with Gasteiger partial charge in [0.05, 0.1) is 6.07 Å². The number of hydrogen-bond acceptors (Lipinski definition) is 2. The molecule has 0 heterocycles. The Morgan fingerprint density at radius 3 is 2.44 bits per heavy atom. The van der Waals surface area contributed by atoms with Crippen LogP contribution in [0.5, 0.6) is 0 Å². The van der Waals surface area contributed by atoms with E-state index < -0.39 is 0 Å². The Labute approximate surface area is 118 Å². The molecule has 1 N–H and O–H groups in total. The van der Waals surface area contributed by atoms with Crippen LogP contribution in [0.25, 0.3) is 0 Å². The molecular weight excluding hydrogens is 288 g/mol. The van der Waals surface area contributed by atoms with Crippen molar-refractivity contribution in [3.8, 4) is 6.07 Å². The van der Waals surface area contributed by atoms with E-state index in [0.717, 1.165) is 43.1 Å². The molecule has 1 fully saturated rings. The van der Waals surface area contributed by atoms with E-state index in [2.05, 4.69) is 51.6 Å². The second kappa shape index (κ2) is 6.92. The van der Waals surface area contributed by atoms with Crippen molar-refractivity contribution >= 4 is 15.9 Å². The van der Waals surface area contributed by atoms with Crippen LogP contribution in [0.3, 0.4) is 0 Å². The van der Waals surface area contributed by atoms with Gasteiger partial charge in [-0.3, -0.25) is 0 Å². The van der Waals surface area contributed by atoms with Gasteiger partial charge in [-0.05, 0) is 56.3 Å². The molecule has 1 aliphatic carbocycles. The highest BCUT2D eigenvalue weighted by Crippen LogP contribution is 2.23. The average Bonchev–Trinajstić information content (AvgIpc) is 2.42. The lowest BCUT2D eigenvalue weighted by atomic mass is 9.87. The molecule has 0 unspecified atom stereocenters. The van der Waals surface area contributed by atoms with Crippen LogP contribution in [0, 0.1) is 17.2 Å². The van der Waals surface area contributed by atoms with Crippen LogP contribution < -0.4 is 5.32 Å². The molecular formula is C15H19BrN2. The quantitative estimate of drug-likeness (QED) is 0.921. The maximum atomic E-state index is 8.85. The van der Waals surface area contributed by atoms with Gasteiger partial charge in [-0.1, -0.05) is 28.1 Å². The van der Waals surface area contributed by atoms with E-state index in [1.54, 1.807) is 0 Å². The first-order valence-corrected chi connectivity index (χ1v) is 7.44. The lowest BCUT2D eigenvalue weighted by molar-refractivity contribution is 0.334. The minimum Gasteiger partial charge on any atom is -0.314 e. The highest BCUT2D eigenvalue weighted by atomic mass is 79.9. The fourth-order valence-electron chi connectivity index (χ4n) is 2.50. The molecule has 0 saturated heterocycles. The minimum absolute atomic E-state index is 0.300. The summed E-state index contributed by atoms with van der Waals surface area (Å²) in [6.45, 7) is 1.03. The van der Waals surface area contributed by atoms with E-state index in [1.807, 2.05) is 0 Å². The predicted octanol–water partition coefficient (Wildman–Crippen LogP) is 3.66. The molecule has 0 spiro atoms. The first-order chi connectivity index (χ1) is 8.78. The molecule has 18 heavy (non-hydrogen) atoms. The molecule has 0 aliphatic heterocycles. The Kier molecular flexibility index (Phi) is 5.22. The summed E-state index contributed by atoms with van der Waals surface area (Å²) in [5.74, 6) is 0.300. The summed E-state index contributed by atoms with van der Waals surface area (Å²) in [5.41, 5.74) is 1.37. The van der Waals surface area contributed by atoms with Gasteiger partial charge in [0, 0.05) is 16.4 Å². The first-order valence-electron chi connectivity index (χ1n) is 6.65. The molecule has 1 aromatic rings. The molecule has 96 valence electrons. The van der Waals surface area contributed by atoms with Crippen LogP contribution in [-0.4, -0.2) is 12.6 Å². The third-order valence-corrected chi connectivity index (χ3v) is 4.20. The summed E-state index contributed by atoms with van der Waals surface area (Å²) in [6, 6.07) is 11.5. The van der Waals surface area contributed by atoms with Crippen LogP contribution in [0.2, 0.25) is 0 Å². The van der Waals surface area contributed by atoms with Crippen molar-refractivity contribution in [3.63, 3.8) is 0 Å². The van der Waals surface area contributed by atoms with Crippen LogP contribution in [0.15, 0.2) is 28.7 Å². The number of nitriles is 1. The van der Waals surface area contributed by atoms with Gasteiger partial charge in [-0.25, -0.2) is 0 Å². The third-order valence-electron chi connectivity index (χ3n) is 3.67. The molecule has 0 radical (unpaired) electrons. The lowest BCUT2D eigenvalue weighted by Crippen LogP contribution is -2.34. The van der Waals surface area contributed by atoms with Gasteiger partial charge in [-0.15, -0.1) is 0 Å². The summed E-state index contributed by atoms with van der Waals surface area (Å²) in [7, 11) is 0. The van der Waals surface area contributed by atoms with Gasteiger partial charge in [0.15, 0.2) is 0 Å². The lowest BCUT2D eigenvalue weighted by Gasteiger charge is -2.25. The highest BCUT2D eigenvalue weighted by Gasteiger charge is 2.19. The van der Waals surface area contributed by atoms with Crippen LogP contribution in [0.1, 0.15) is 31.2 Å². The largest absolute Gasteiger partial charge is 0.314 e. The van der Waals surface area contributed by atoms with Crippen molar-refractivity contribution in [2.45, 2.75) is 38.1 Å². The second-order valence-electron chi connectivity index (χ2n) is 5.01. The Morgan fingerprint density at radius 2 is 1.83 bits per heavy atom. The normalized spacial score (nSPS) is 23.6. The Hall–Kier alpha value is -0.850. The monoisotopic (exact) mass is 306 g/mol. The topological polar surface area (TPSA) is 35.8 Å². The molecule has 1 saturated carbocycles. The van der Waals surface area contributed by atoms with Crippen LogP contribution in [0.4, 0.5) is 0 Å². The van der Waals surface area contributed by atoms with E-state index in [9.17, 15) is 0 Å². The Morgan fingerprint density at radius 1 is 1.17 bits per heavy atom. The van der Waals surface area contributed by atoms with Crippen molar-refractivity contribution in [2.75, 3.05) is 6.54 Å². The van der Waals surface area contributed by atoms with E-state index in [0.29, 0.717) is 12.0 Å². The summed E-state index contributed by atoms with van der Waals surface area (Å²) in [5, 5.41) is 12.5. The summed E-state index contributed by atoms with van der Waals surface area (Å²) in [6.07, 6.45) is 5.50. The van der Waals surface area contributed by atoms with Gasteiger partial charge in [0.25, 0.3) is 0 Å². The fourth-order valence-corrected chi connectivity index (χ4v) is 2.76. The molecule has 3 heteroatoms. The zero-order valence-corrected chi connectivity index (χ0v) is 12.1. The Bertz CT molecular complexity index is 399. The van der Waals surface area contributed by atoms with Crippen molar-refractivity contribution in [3.05, 3.63) is 34.3 Å². The maximum Gasteiger partial charge on any atom is 0.0655 e. The highest BCUT2D eigenvalue weighted by molar-refractivity contribution is 9.10. The minimum atomic E-state index is 0.300. The van der Waals surface area contributed by atoms with E-state index in [4.69, 9.17) is 5.26 Å². The van der Waals surface area contributed by atoms with Crippen molar-refractivity contribution in [2.24, 2.45) is 5.92 Å². The number of rotatable bonds is 4. The smallest absolute Gasteiger partial charge is 0.0655 e. The zero-order valence-electron chi connectivity index (χ0n) is 10.5. The standard InChI is InChI=1S/C15H19BrN2/c16-14-5-1-12(2-6-14)9-10-18-15-7-3-13(11-17)4-8-15/h1-2,5-6,13,15,18H,3-4,7-10H2. The zero-order chi connectivity index (χ0) is 12.8. The molecule has 0 amide bonds. The number of halogens is 1. The van der Waals surface area contributed by atoms with Crippen LogP contribution >= 0.6 is 15.9 Å². The predicted molar refractivity (Wildman–Crippen MR) is 77.2 cm³/mol. The third kappa shape index (κ3) is 4.12. The fraction of sp³-hybridized carbons (Fsp3) is 0.533. The number of nitrogens with zero attached hydrogens (tertiary/aromatic N) is 1. The maximum absolute atomic E-state index is 8.85. The van der Waals surface area contributed by atoms with E-state index in [1.165, 1.54) is 5.56 Å². The Balaban J connectivity index is 1.67.